The van der Waals surface area contributed by atoms with Crippen LogP contribution in [0.1, 0.15) is 11.1 Å². The summed E-state index contributed by atoms with van der Waals surface area (Å²) in [7, 11) is 0. The van der Waals surface area contributed by atoms with Crippen LogP contribution in [0.25, 0.3) is 6.08 Å². The molecule has 2 aromatic rings. The molecule has 0 aliphatic carbocycles. The zero-order valence-corrected chi connectivity index (χ0v) is 16.5. The first-order valence-electron chi connectivity index (χ1n) is 8.17. The molecule has 0 bridgehead atoms. The van der Waals surface area contributed by atoms with Gasteiger partial charge in [-0.25, -0.2) is 0 Å². The van der Waals surface area contributed by atoms with Gasteiger partial charge in [-0.05, 0) is 53.2 Å². The smallest absolute Gasteiger partial charge is 0.290 e. The molecule has 4 rings (SSSR count). The van der Waals surface area contributed by atoms with E-state index in [4.69, 9.17) is 27.9 Å². The normalized spacial score (nSPS) is 17.6. The van der Waals surface area contributed by atoms with Gasteiger partial charge in [0.05, 0.1) is 27.2 Å². The fourth-order valence-electron chi connectivity index (χ4n) is 2.88. The van der Waals surface area contributed by atoms with Crippen molar-refractivity contribution in [2.75, 3.05) is 11.5 Å². The molecule has 2 aliphatic rings. The highest BCUT2D eigenvalue weighted by Gasteiger charge is 2.28. The lowest BCUT2D eigenvalue weighted by Crippen LogP contribution is -2.38. The molecule has 0 aromatic heterocycles. The van der Waals surface area contributed by atoms with E-state index in [0.717, 1.165) is 17.3 Å². The fraction of sp³-hybridized carbons (Fsp3) is 0.105. The molecule has 142 valence electrons. The van der Waals surface area contributed by atoms with E-state index >= 15 is 0 Å². The van der Waals surface area contributed by atoms with E-state index in [1.54, 1.807) is 47.4 Å². The zero-order chi connectivity index (χ0) is 19.8. The maximum Gasteiger partial charge on any atom is 0.290 e. The Bertz CT molecular complexity index is 1050. The Labute approximate surface area is 174 Å². The number of hydrogen-bond donors (Lipinski definition) is 1. The molecular formula is C19H12Cl2N2O4S. The van der Waals surface area contributed by atoms with Crippen LogP contribution in [0.3, 0.4) is 0 Å². The molecule has 0 spiro atoms. The van der Waals surface area contributed by atoms with Crippen LogP contribution < -0.4 is 15.0 Å². The summed E-state index contributed by atoms with van der Waals surface area (Å²) in [6.45, 7) is 0.224. The highest BCUT2D eigenvalue weighted by Crippen LogP contribution is 2.36. The second kappa shape index (κ2) is 7.50. The number of nitrogens with one attached hydrogen (secondary N) is 1. The molecule has 2 heterocycles. The number of halogens is 2. The minimum Gasteiger partial charge on any atom is -0.482 e. The van der Waals surface area contributed by atoms with Crippen LogP contribution in [0.15, 0.2) is 41.3 Å². The number of carbonyl (C=O) groups is 3. The maximum atomic E-state index is 12.5. The van der Waals surface area contributed by atoms with Crippen molar-refractivity contribution in [2.24, 2.45) is 0 Å². The predicted molar refractivity (Wildman–Crippen MR) is 109 cm³/mol. The van der Waals surface area contributed by atoms with Gasteiger partial charge in [0.25, 0.3) is 17.1 Å². The summed E-state index contributed by atoms with van der Waals surface area (Å²) in [6.07, 6.45) is 1.60. The van der Waals surface area contributed by atoms with Crippen LogP contribution >= 0.6 is 35.0 Å². The van der Waals surface area contributed by atoms with Crippen molar-refractivity contribution in [1.82, 2.24) is 5.32 Å². The summed E-state index contributed by atoms with van der Waals surface area (Å²) >= 11 is 12.9. The van der Waals surface area contributed by atoms with Crippen molar-refractivity contribution in [3.63, 3.8) is 0 Å². The van der Waals surface area contributed by atoms with Crippen molar-refractivity contribution < 1.29 is 19.1 Å². The summed E-state index contributed by atoms with van der Waals surface area (Å²) < 4.78 is 5.51. The Morgan fingerprint density at radius 3 is 2.64 bits per heavy atom. The standard InChI is InChI=1S/C19H12Cl2N2O4S/c20-12-3-1-11(5-13(12)21)8-23-14-6-10(2-4-15(14)27-9-17(23)24)7-16-18(25)22-19(26)28-16/h1-7H,8-9H2,(H,22,25,26). The van der Waals surface area contributed by atoms with E-state index in [1.165, 1.54) is 0 Å². The number of nitrogens with zero attached hydrogens (tertiary/aromatic N) is 1. The van der Waals surface area contributed by atoms with E-state index in [-0.39, 0.29) is 12.5 Å². The van der Waals surface area contributed by atoms with Gasteiger partial charge in [-0.15, -0.1) is 0 Å². The summed E-state index contributed by atoms with van der Waals surface area (Å²) in [5, 5.41) is 2.65. The first-order valence-corrected chi connectivity index (χ1v) is 9.74. The molecule has 2 aromatic carbocycles. The molecule has 0 saturated carbocycles. The minimum atomic E-state index is -0.437. The number of fused-ring (bicyclic) bond motifs is 1. The molecular weight excluding hydrogens is 423 g/mol. The highest BCUT2D eigenvalue weighted by atomic mass is 35.5. The van der Waals surface area contributed by atoms with E-state index in [1.807, 2.05) is 0 Å². The van der Waals surface area contributed by atoms with Gasteiger partial charge in [0.2, 0.25) is 0 Å². The number of thioether (sulfide) groups is 1. The molecule has 2 aliphatic heterocycles. The van der Waals surface area contributed by atoms with Crippen LogP contribution in [-0.4, -0.2) is 23.7 Å². The molecule has 9 heteroatoms. The number of hydrogen-bond acceptors (Lipinski definition) is 5. The van der Waals surface area contributed by atoms with Crippen molar-refractivity contribution in [3.8, 4) is 5.75 Å². The monoisotopic (exact) mass is 434 g/mol. The van der Waals surface area contributed by atoms with Gasteiger partial charge in [-0.1, -0.05) is 35.3 Å². The summed E-state index contributed by atoms with van der Waals surface area (Å²) in [6, 6.07) is 10.4. The predicted octanol–water partition coefficient (Wildman–Crippen LogP) is 4.24. The Kier molecular flexibility index (Phi) is 5.05. The molecule has 1 N–H and O–H groups in total. The SMILES string of the molecule is O=C1NC(=O)C(=Cc2ccc3c(c2)N(Cc2ccc(Cl)c(Cl)c2)C(=O)CO3)S1. The van der Waals surface area contributed by atoms with Gasteiger partial charge in [-0.3, -0.25) is 19.7 Å². The fourth-order valence-corrected chi connectivity index (χ4v) is 3.88. The third-order valence-electron chi connectivity index (χ3n) is 4.19. The molecule has 0 atom stereocenters. The quantitative estimate of drug-likeness (QED) is 0.730. The van der Waals surface area contributed by atoms with Crippen molar-refractivity contribution in [3.05, 3.63) is 62.5 Å². The largest absolute Gasteiger partial charge is 0.482 e. The van der Waals surface area contributed by atoms with Gasteiger partial charge < -0.3 is 9.64 Å². The third-order valence-corrected chi connectivity index (χ3v) is 5.74. The van der Waals surface area contributed by atoms with Gasteiger partial charge in [-0.2, -0.15) is 0 Å². The molecule has 6 nitrogen and oxygen atoms in total. The van der Waals surface area contributed by atoms with E-state index in [9.17, 15) is 14.4 Å². The van der Waals surface area contributed by atoms with Crippen LogP contribution in [0.5, 0.6) is 5.75 Å². The number of carbonyl (C=O) groups excluding carboxylic acids is 3. The second-order valence-corrected chi connectivity index (χ2v) is 7.93. The van der Waals surface area contributed by atoms with E-state index < -0.39 is 11.1 Å². The van der Waals surface area contributed by atoms with Crippen LogP contribution in [0, 0.1) is 0 Å². The lowest BCUT2D eigenvalue weighted by atomic mass is 10.1. The van der Waals surface area contributed by atoms with Gasteiger partial charge >= 0.3 is 0 Å². The zero-order valence-electron chi connectivity index (χ0n) is 14.2. The lowest BCUT2D eigenvalue weighted by Gasteiger charge is -2.30. The van der Waals surface area contributed by atoms with Crippen molar-refractivity contribution >= 4 is 63.8 Å². The van der Waals surface area contributed by atoms with E-state index in [0.29, 0.717) is 38.5 Å². The Morgan fingerprint density at radius 1 is 1.11 bits per heavy atom. The van der Waals surface area contributed by atoms with E-state index in [2.05, 4.69) is 5.32 Å². The Balaban J connectivity index is 1.68. The molecule has 0 radical (unpaired) electrons. The average Bonchev–Trinajstić information content (AvgIpc) is 2.97. The van der Waals surface area contributed by atoms with Crippen molar-refractivity contribution in [1.29, 1.82) is 0 Å². The summed E-state index contributed by atoms with van der Waals surface area (Å²) in [5.41, 5.74) is 2.06. The molecule has 28 heavy (non-hydrogen) atoms. The van der Waals surface area contributed by atoms with Gasteiger partial charge in [0.1, 0.15) is 5.75 Å². The molecule has 1 saturated heterocycles. The topological polar surface area (TPSA) is 75.7 Å². The number of imide groups is 1. The van der Waals surface area contributed by atoms with Crippen LogP contribution in [0.2, 0.25) is 10.0 Å². The van der Waals surface area contributed by atoms with Crippen LogP contribution in [-0.2, 0) is 16.1 Å². The maximum absolute atomic E-state index is 12.5. The third kappa shape index (κ3) is 3.73. The highest BCUT2D eigenvalue weighted by molar-refractivity contribution is 8.18. The van der Waals surface area contributed by atoms with Gasteiger partial charge in [0, 0.05) is 0 Å². The average molecular weight is 435 g/mol. The molecule has 3 amide bonds. The number of amides is 3. The Morgan fingerprint density at radius 2 is 1.93 bits per heavy atom. The number of ether oxygens (including phenoxy) is 1. The lowest BCUT2D eigenvalue weighted by molar-refractivity contribution is -0.121. The number of benzene rings is 2. The molecule has 0 unspecified atom stereocenters. The first-order chi connectivity index (χ1) is 13.4. The minimum absolute atomic E-state index is 0.0679. The summed E-state index contributed by atoms with van der Waals surface area (Å²) in [4.78, 5) is 37.5. The van der Waals surface area contributed by atoms with Crippen molar-refractivity contribution in [2.45, 2.75) is 6.54 Å². The molecule has 1 fully saturated rings. The second-order valence-electron chi connectivity index (χ2n) is 6.10. The number of anilines is 1. The van der Waals surface area contributed by atoms with Gasteiger partial charge in [0.15, 0.2) is 6.61 Å². The Hall–Kier alpha value is -2.48. The first kappa shape index (κ1) is 18.9. The summed E-state index contributed by atoms with van der Waals surface area (Å²) in [5.74, 6) is -0.0827. The number of rotatable bonds is 3. The van der Waals surface area contributed by atoms with Crippen LogP contribution in [0.4, 0.5) is 10.5 Å².